The highest BCUT2D eigenvalue weighted by atomic mass is 35.5. The molecule has 0 N–H and O–H groups in total. The third-order valence-electron chi connectivity index (χ3n) is 5.40. The van der Waals surface area contributed by atoms with Crippen LogP contribution < -0.4 is 9.47 Å². The molecule has 7 nitrogen and oxygen atoms in total. The Morgan fingerprint density at radius 2 is 1.94 bits per heavy atom. The lowest BCUT2D eigenvalue weighted by Crippen LogP contribution is -2.44. The highest BCUT2D eigenvalue weighted by Crippen LogP contribution is 2.39. The molecule has 2 fully saturated rings. The Bertz CT molecular complexity index is 914. The molecule has 2 aliphatic rings. The van der Waals surface area contributed by atoms with Gasteiger partial charge in [-0.15, -0.1) is 0 Å². The van der Waals surface area contributed by atoms with Crippen LogP contribution in [0.4, 0.5) is 4.79 Å². The van der Waals surface area contributed by atoms with E-state index in [1.807, 2.05) is 20.8 Å². The number of carbonyl (C=O) groups is 3. The first-order chi connectivity index (χ1) is 15.3. The zero-order chi connectivity index (χ0) is 23.3. The summed E-state index contributed by atoms with van der Waals surface area (Å²) in [5, 5.41) is -0.0820. The molecule has 0 spiro atoms. The first-order valence-electron chi connectivity index (χ1n) is 11.0. The van der Waals surface area contributed by atoms with Crippen molar-refractivity contribution >= 4 is 46.5 Å². The van der Waals surface area contributed by atoms with Crippen molar-refractivity contribution in [2.45, 2.75) is 52.6 Å². The van der Waals surface area contributed by atoms with Gasteiger partial charge >= 0.3 is 0 Å². The predicted molar refractivity (Wildman–Crippen MR) is 126 cm³/mol. The third-order valence-corrected chi connectivity index (χ3v) is 6.59. The van der Waals surface area contributed by atoms with Crippen LogP contribution in [-0.2, 0) is 9.59 Å². The van der Waals surface area contributed by atoms with E-state index >= 15 is 0 Å². The van der Waals surface area contributed by atoms with Crippen LogP contribution in [0.2, 0.25) is 5.02 Å². The molecule has 0 aromatic heterocycles. The quantitative estimate of drug-likeness (QED) is 0.489. The van der Waals surface area contributed by atoms with Crippen molar-refractivity contribution in [1.29, 1.82) is 0 Å². The number of thioether (sulfide) groups is 1. The van der Waals surface area contributed by atoms with Crippen LogP contribution in [0, 0.1) is 0 Å². The van der Waals surface area contributed by atoms with Crippen LogP contribution in [0.15, 0.2) is 17.0 Å². The smallest absolute Gasteiger partial charge is 0.294 e. The number of imide groups is 1. The van der Waals surface area contributed by atoms with Gasteiger partial charge in [-0.3, -0.25) is 19.3 Å². The van der Waals surface area contributed by atoms with Gasteiger partial charge in [0.05, 0.1) is 22.6 Å². The summed E-state index contributed by atoms with van der Waals surface area (Å²) >= 11 is 7.27. The first kappa shape index (κ1) is 24.5. The van der Waals surface area contributed by atoms with Crippen molar-refractivity contribution in [3.8, 4) is 11.5 Å². The molecule has 32 heavy (non-hydrogen) atoms. The van der Waals surface area contributed by atoms with Gasteiger partial charge in [0.2, 0.25) is 5.91 Å². The number of carbonyl (C=O) groups excluding carboxylic acids is 3. The van der Waals surface area contributed by atoms with E-state index in [1.54, 1.807) is 23.1 Å². The fourth-order valence-electron chi connectivity index (χ4n) is 3.50. The zero-order valence-electron chi connectivity index (χ0n) is 18.7. The van der Waals surface area contributed by atoms with E-state index in [2.05, 4.69) is 0 Å². The van der Waals surface area contributed by atoms with Gasteiger partial charge in [0, 0.05) is 13.1 Å². The van der Waals surface area contributed by atoms with Crippen molar-refractivity contribution in [2.24, 2.45) is 0 Å². The maximum atomic E-state index is 12.8. The van der Waals surface area contributed by atoms with Gasteiger partial charge in [-0.2, -0.15) is 0 Å². The summed E-state index contributed by atoms with van der Waals surface area (Å²) in [6.07, 6.45) is 5.37. The number of piperidine rings is 1. The number of benzene rings is 1. The molecule has 1 aromatic carbocycles. The summed E-state index contributed by atoms with van der Waals surface area (Å²) in [6.45, 7) is 7.36. The standard InChI is InChI=1S/C23H29ClN2O5S/c1-4-15(3)31-21-17(24)11-16(12-18(21)30-5-2)13-19-22(28)26(23(29)32-19)14-20(27)25-9-7-6-8-10-25/h11-13,15H,4-10,14H2,1-3H3/b19-13-/t15-/m0/s1. The Balaban J connectivity index is 1.79. The number of halogens is 1. The molecule has 9 heteroatoms. The fraction of sp³-hybridized carbons (Fsp3) is 0.522. The van der Waals surface area contributed by atoms with E-state index in [0.717, 1.165) is 42.3 Å². The van der Waals surface area contributed by atoms with Gasteiger partial charge in [-0.25, -0.2) is 0 Å². The van der Waals surface area contributed by atoms with Gasteiger partial charge in [-0.05, 0) is 75.1 Å². The van der Waals surface area contributed by atoms with Crippen molar-refractivity contribution in [3.05, 3.63) is 27.6 Å². The van der Waals surface area contributed by atoms with E-state index in [-0.39, 0.29) is 23.5 Å². The number of likely N-dealkylation sites (tertiary alicyclic amines) is 1. The number of hydrogen-bond acceptors (Lipinski definition) is 6. The fourth-order valence-corrected chi connectivity index (χ4v) is 4.60. The average molecular weight is 481 g/mol. The van der Waals surface area contributed by atoms with Crippen LogP contribution in [0.1, 0.15) is 52.0 Å². The highest BCUT2D eigenvalue weighted by Gasteiger charge is 2.37. The molecule has 3 amide bonds. The van der Waals surface area contributed by atoms with Crippen LogP contribution in [0.3, 0.4) is 0 Å². The van der Waals surface area contributed by atoms with Gasteiger partial charge in [0.1, 0.15) is 6.54 Å². The highest BCUT2D eigenvalue weighted by molar-refractivity contribution is 8.18. The summed E-state index contributed by atoms with van der Waals surface area (Å²) in [5.74, 6) is 0.271. The Morgan fingerprint density at radius 1 is 1.22 bits per heavy atom. The number of ether oxygens (including phenoxy) is 2. The Morgan fingerprint density at radius 3 is 2.59 bits per heavy atom. The summed E-state index contributed by atoms with van der Waals surface area (Å²) in [5.41, 5.74) is 0.614. The molecule has 3 rings (SSSR count). The number of rotatable bonds is 8. The lowest BCUT2D eigenvalue weighted by atomic mass is 10.1. The molecular formula is C23H29ClN2O5S. The molecule has 1 atom stereocenters. The average Bonchev–Trinajstić information content (AvgIpc) is 3.04. The number of nitrogens with zero attached hydrogens (tertiary/aromatic N) is 2. The van der Waals surface area contributed by atoms with E-state index in [0.29, 0.717) is 41.8 Å². The molecule has 2 saturated heterocycles. The summed E-state index contributed by atoms with van der Waals surface area (Å²) in [6, 6.07) is 3.41. The number of hydrogen-bond donors (Lipinski definition) is 0. The van der Waals surface area contributed by atoms with E-state index in [1.165, 1.54) is 0 Å². The second-order valence-corrected chi connectivity index (χ2v) is 9.21. The molecule has 0 radical (unpaired) electrons. The molecule has 0 aliphatic carbocycles. The van der Waals surface area contributed by atoms with Crippen LogP contribution in [0.5, 0.6) is 11.5 Å². The van der Waals surface area contributed by atoms with Gasteiger partial charge in [0.15, 0.2) is 11.5 Å². The van der Waals surface area contributed by atoms with Gasteiger partial charge < -0.3 is 14.4 Å². The topological polar surface area (TPSA) is 76.2 Å². The zero-order valence-corrected chi connectivity index (χ0v) is 20.3. The van der Waals surface area contributed by atoms with E-state index in [4.69, 9.17) is 21.1 Å². The summed E-state index contributed by atoms with van der Waals surface area (Å²) in [4.78, 5) is 40.8. The SMILES string of the molecule is CCOc1cc(/C=C2\SC(=O)N(CC(=O)N3CCCCC3)C2=O)cc(Cl)c1O[C@@H](C)CC. The maximum Gasteiger partial charge on any atom is 0.294 e. The monoisotopic (exact) mass is 480 g/mol. The minimum Gasteiger partial charge on any atom is -0.490 e. The molecule has 0 unspecified atom stereocenters. The van der Waals surface area contributed by atoms with Crippen LogP contribution >= 0.6 is 23.4 Å². The van der Waals surface area contributed by atoms with E-state index in [9.17, 15) is 14.4 Å². The molecule has 1 aromatic rings. The van der Waals surface area contributed by atoms with Crippen molar-refractivity contribution in [1.82, 2.24) is 9.80 Å². The third kappa shape index (κ3) is 5.78. The van der Waals surface area contributed by atoms with Gasteiger partial charge in [0.25, 0.3) is 11.1 Å². The largest absolute Gasteiger partial charge is 0.490 e. The maximum absolute atomic E-state index is 12.8. The lowest BCUT2D eigenvalue weighted by molar-refractivity contribution is -0.136. The summed E-state index contributed by atoms with van der Waals surface area (Å²) in [7, 11) is 0. The lowest BCUT2D eigenvalue weighted by Gasteiger charge is -2.27. The van der Waals surface area contributed by atoms with Crippen molar-refractivity contribution in [3.63, 3.8) is 0 Å². The molecular weight excluding hydrogens is 452 g/mol. The van der Waals surface area contributed by atoms with Gasteiger partial charge in [-0.1, -0.05) is 18.5 Å². The Labute approximate surface area is 198 Å². The minimum atomic E-state index is -0.473. The van der Waals surface area contributed by atoms with Crippen LogP contribution in [-0.4, -0.2) is 59.2 Å². The van der Waals surface area contributed by atoms with Crippen molar-refractivity contribution in [2.75, 3.05) is 26.2 Å². The Hall–Kier alpha value is -2.19. The Kier molecular flexibility index (Phi) is 8.48. The van der Waals surface area contributed by atoms with Crippen molar-refractivity contribution < 1.29 is 23.9 Å². The molecule has 174 valence electrons. The number of amides is 3. The second-order valence-electron chi connectivity index (χ2n) is 7.81. The predicted octanol–water partition coefficient (Wildman–Crippen LogP) is 4.96. The normalized spacial score (nSPS) is 18.9. The molecule has 2 aliphatic heterocycles. The van der Waals surface area contributed by atoms with Crippen LogP contribution in [0.25, 0.3) is 6.08 Å². The van der Waals surface area contributed by atoms with E-state index < -0.39 is 11.1 Å². The minimum absolute atomic E-state index is 0.0357. The molecule has 0 saturated carbocycles. The molecule has 2 heterocycles. The first-order valence-corrected chi connectivity index (χ1v) is 12.2. The molecule has 0 bridgehead atoms. The summed E-state index contributed by atoms with van der Waals surface area (Å²) < 4.78 is 11.6. The second kappa shape index (κ2) is 11.1.